The topological polar surface area (TPSA) is 57.5 Å². The summed E-state index contributed by atoms with van der Waals surface area (Å²) in [5.41, 5.74) is 2.63. The van der Waals surface area contributed by atoms with Crippen molar-refractivity contribution in [2.75, 3.05) is 13.6 Å². The lowest BCUT2D eigenvalue weighted by Gasteiger charge is -2.21. The minimum absolute atomic E-state index is 0.383. The Morgan fingerprint density at radius 2 is 1.71 bits per heavy atom. The standard InChI is InChI=1S/C25H32N6/c1-20-15-23(19-31(20)18-22-11-7-4-8-12-22)29-25(26-2)28-16-24-27-13-14-30(24)17-21-9-5-3-6-10-21/h3-14,20,23H,15-19H2,1-2H3,(H2,26,28,29). The molecule has 0 aliphatic carbocycles. The number of nitrogens with one attached hydrogen (secondary N) is 2. The molecule has 1 saturated heterocycles. The molecule has 1 fully saturated rings. The predicted octanol–water partition coefficient (Wildman–Crippen LogP) is 3.26. The Bertz CT molecular complexity index is 966. The van der Waals surface area contributed by atoms with Crippen LogP contribution in [0.5, 0.6) is 0 Å². The van der Waals surface area contributed by atoms with Gasteiger partial charge in [-0.3, -0.25) is 9.89 Å². The van der Waals surface area contributed by atoms with E-state index in [1.807, 2.05) is 25.5 Å². The highest BCUT2D eigenvalue weighted by Gasteiger charge is 2.29. The number of likely N-dealkylation sites (tertiary alicyclic amines) is 1. The quantitative estimate of drug-likeness (QED) is 0.459. The van der Waals surface area contributed by atoms with Crippen LogP contribution in [0.2, 0.25) is 0 Å². The molecule has 1 aliphatic heterocycles. The van der Waals surface area contributed by atoms with Crippen molar-refractivity contribution < 1.29 is 0 Å². The lowest BCUT2D eigenvalue weighted by Crippen LogP contribution is -2.44. The third-order valence-corrected chi connectivity index (χ3v) is 5.91. The third kappa shape index (κ3) is 5.73. The van der Waals surface area contributed by atoms with Gasteiger partial charge in [0.05, 0.1) is 6.54 Å². The molecule has 4 rings (SSSR count). The van der Waals surface area contributed by atoms with E-state index >= 15 is 0 Å². The van der Waals surface area contributed by atoms with Gasteiger partial charge in [0.25, 0.3) is 0 Å². The van der Waals surface area contributed by atoms with Gasteiger partial charge in [0.1, 0.15) is 5.82 Å². The maximum absolute atomic E-state index is 4.53. The van der Waals surface area contributed by atoms with Crippen molar-refractivity contribution >= 4 is 5.96 Å². The van der Waals surface area contributed by atoms with Crippen LogP contribution in [0.1, 0.15) is 30.3 Å². The zero-order chi connectivity index (χ0) is 21.5. The van der Waals surface area contributed by atoms with Crippen LogP contribution in [0.3, 0.4) is 0 Å². The van der Waals surface area contributed by atoms with E-state index in [1.54, 1.807) is 0 Å². The van der Waals surface area contributed by atoms with Crippen LogP contribution in [0.15, 0.2) is 78.0 Å². The molecule has 3 aromatic rings. The molecular formula is C25H32N6. The fourth-order valence-corrected chi connectivity index (χ4v) is 4.22. The van der Waals surface area contributed by atoms with Gasteiger partial charge >= 0.3 is 0 Å². The molecule has 2 N–H and O–H groups in total. The molecule has 2 atom stereocenters. The number of nitrogens with zero attached hydrogens (tertiary/aromatic N) is 4. The van der Waals surface area contributed by atoms with Gasteiger partial charge in [0, 0.05) is 51.2 Å². The first-order chi connectivity index (χ1) is 15.2. The van der Waals surface area contributed by atoms with Crippen LogP contribution in [-0.2, 0) is 19.6 Å². The number of guanidine groups is 1. The Balaban J connectivity index is 1.29. The van der Waals surface area contributed by atoms with Crippen LogP contribution in [0.25, 0.3) is 0 Å². The van der Waals surface area contributed by atoms with Crippen molar-refractivity contribution in [1.29, 1.82) is 0 Å². The van der Waals surface area contributed by atoms with Gasteiger partial charge in [-0.1, -0.05) is 60.7 Å². The number of aromatic nitrogens is 2. The molecule has 0 bridgehead atoms. The lowest BCUT2D eigenvalue weighted by atomic mass is 10.2. The second kappa shape index (κ2) is 10.3. The maximum Gasteiger partial charge on any atom is 0.191 e. The molecule has 6 heteroatoms. The molecule has 2 unspecified atom stereocenters. The molecule has 0 spiro atoms. The summed E-state index contributed by atoms with van der Waals surface area (Å²) in [6.45, 7) is 5.76. The Labute approximate surface area is 185 Å². The van der Waals surface area contributed by atoms with Crippen molar-refractivity contribution in [3.05, 3.63) is 90.0 Å². The molecule has 2 heterocycles. The van der Waals surface area contributed by atoms with Gasteiger partial charge in [-0.15, -0.1) is 0 Å². The fraction of sp³-hybridized carbons (Fsp3) is 0.360. The summed E-state index contributed by atoms with van der Waals surface area (Å²) in [5.74, 6) is 1.82. The van der Waals surface area contributed by atoms with Gasteiger partial charge in [-0.25, -0.2) is 4.98 Å². The average Bonchev–Trinajstić information content (AvgIpc) is 3.38. The molecule has 2 aromatic carbocycles. The number of imidazole rings is 1. The summed E-state index contributed by atoms with van der Waals surface area (Å²) in [6.07, 6.45) is 4.99. The van der Waals surface area contributed by atoms with Crippen LogP contribution in [0, 0.1) is 0 Å². The first-order valence-electron chi connectivity index (χ1n) is 11.0. The van der Waals surface area contributed by atoms with Gasteiger partial charge in [-0.05, 0) is 24.5 Å². The van der Waals surface area contributed by atoms with E-state index in [2.05, 4.69) is 91.6 Å². The predicted molar refractivity (Wildman–Crippen MR) is 126 cm³/mol. The third-order valence-electron chi connectivity index (χ3n) is 5.91. The van der Waals surface area contributed by atoms with Crippen molar-refractivity contribution in [2.24, 2.45) is 4.99 Å². The number of rotatable bonds is 7. The first kappa shape index (κ1) is 21.1. The highest BCUT2D eigenvalue weighted by molar-refractivity contribution is 5.79. The molecular weight excluding hydrogens is 384 g/mol. The Hall–Kier alpha value is -3.12. The van der Waals surface area contributed by atoms with E-state index in [0.717, 1.165) is 37.8 Å². The average molecular weight is 417 g/mol. The number of hydrogen-bond acceptors (Lipinski definition) is 3. The highest BCUT2D eigenvalue weighted by Crippen LogP contribution is 2.20. The van der Waals surface area contributed by atoms with E-state index < -0.39 is 0 Å². The monoisotopic (exact) mass is 416 g/mol. The minimum atomic E-state index is 0.383. The summed E-state index contributed by atoms with van der Waals surface area (Å²) in [5, 5.41) is 7.04. The van der Waals surface area contributed by atoms with Gasteiger partial charge in [0.15, 0.2) is 5.96 Å². The van der Waals surface area contributed by atoms with Gasteiger partial charge in [-0.2, -0.15) is 0 Å². The van der Waals surface area contributed by atoms with Gasteiger partial charge in [0.2, 0.25) is 0 Å². The van der Waals surface area contributed by atoms with Crippen LogP contribution < -0.4 is 10.6 Å². The Morgan fingerprint density at radius 1 is 1.03 bits per heavy atom. The minimum Gasteiger partial charge on any atom is -0.352 e. The fourth-order valence-electron chi connectivity index (χ4n) is 4.22. The second-order valence-corrected chi connectivity index (χ2v) is 8.22. The molecule has 31 heavy (non-hydrogen) atoms. The molecule has 162 valence electrons. The Kier molecular flexibility index (Phi) is 6.99. The normalized spacial score (nSPS) is 19.5. The number of aliphatic imine (C=N–C) groups is 1. The zero-order valence-electron chi connectivity index (χ0n) is 18.4. The summed E-state index contributed by atoms with van der Waals surface area (Å²) in [4.78, 5) is 11.5. The van der Waals surface area contributed by atoms with Crippen molar-refractivity contribution in [1.82, 2.24) is 25.1 Å². The SMILES string of the molecule is CN=C(NCc1nccn1Cc1ccccc1)NC1CC(C)N(Cc2ccccc2)C1. The van der Waals surface area contributed by atoms with Crippen LogP contribution in [-0.4, -0.2) is 46.1 Å². The van der Waals surface area contributed by atoms with E-state index in [4.69, 9.17) is 0 Å². The molecule has 0 amide bonds. The van der Waals surface area contributed by atoms with E-state index in [0.29, 0.717) is 18.6 Å². The second-order valence-electron chi connectivity index (χ2n) is 8.22. The summed E-state index contributed by atoms with van der Waals surface area (Å²) < 4.78 is 2.18. The zero-order valence-corrected chi connectivity index (χ0v) is 18.4. The van der Waals surface area contributed by atoms with E-state index in [9.17, 15) is 0 Å². The van der Waals surface area contributed by atoms with Gasteiger partial charge < -0.3 is 15.2 Å². The molecule has 6 nitrogen and oxygen atoms in total. The van der Waals surface area contributed by atoms with Crippen LogP contribution in [0.4, 0.5) is 0 Å². The highest BCUT2D eigenvalue weighted by atomic mass is 15.3. The van der Waals surface area contributed by atoms with Crippen molar-refractivity contribution in [2.45, 2.75) is 45.1 Å². The summed E-state index contributed by atoms with van der Waals surface area (Å²) >= 11 is 0. The largest absolute Gasteiger partial charge is 0.352 e. The van der Waals surface area contributed by atoms with Crippen molar-refractivity contribution in [3.63, 3.8) is 0 Å². The number of hydrogen-bond donors (Lipinski definition) is 2. The first-order valence-corrected chi connectivity index (χ1v) is 11.0. The van der Waals surface area contributed by atoms with E-state index in [1.165, 1.54) is 11.1 Å². The molecule has 0 radical (unpaired) electrons. The summed E-state index contributed by atoms with van der Waals surface area (Å²) in [6, 6.07) is 22.1. The Morgan fingerprint density at radius 3 is 2.39 bits per heavy atom. The molecule has 1 aromatic heterocycles. The molecule has 1 aliphatic rings. The molecule has 0 saturated carbocycles. The maximum atomic E-state index is 4.53. The number of benzene rings is 2. The smallest absolute Gasteiger partial charge is 0.191 e. The van der Waals surface area contributed by atoms with Crippen molar-refractivity contribution in [3.8, 4) is 0 Å². The lowest BCUT2D eigenvalue weighted by molar-refractivity contribution is 0.258. The summed E-state index contributed by atoms with van der Waals surface area (Å²) in [7, 11) is 1.83. The van der Waals surface area contributed by atoms with Crippen LogP contribution >= 0.6 is 0 Å². The van der Waals surface area contributed by atoms with E-state index in [-0.39, 0.29) is 0 Å².